The van der Waals surface area contributed by atoms with Crippen molar-refractivity contribution in [3.63, 3.8) is 0 Å². The smallest absolute Gasteiger partial charge is 0.346 e. The van der Waals surface area contributed by atoms with Gasteiger partial charge in [0.2, 0.25) is 5.89 Å². The molecule has 130 valence electrons. The summed E-state index contributed by atoms with van der Waals surface area (Å²) in [4.78, 5) is 15.8. The van der Waals surface area contributed by atoms with Gasteiger partial charge in [-0.15, -0.1) is 0 Å². The van der Waals surface area contributed by atoms with Crippen molar-refractivity contribution >= 4 is 11.7 Å². The van der Waals surface area contributed by atoms with Gasteiger partial charge in [-0.2, -0.15) is 0 Å². The molecule has 0 saturated heterocycles. The van der Waals surface area contributed by atoms with Crippen LogP contribution >= 0.6 is 0 Å². The summed E-state index contributed by atoms with van der Waals surface area (Å²) in [5.74, 6) is 2.03. The number of nitrogens with zero attached hydrogens (tertiary/aromatic N) is 1. The fourth-order valence-corrected chi connectivity index (χ4v) is 2.09. The van der Waals surface area contributed by atoms with Crippen molar-refractivity contribution in [1.29, 1.82) is 0 Å². The molecule has 0 bridgehead atoms. The molecular formula is C18H24N2O4. The van der Waals surface area contributed by atoms with Gasteiger partial charge in [-0.1, -0.05) is 19.9 Å². The summed E-state index contributed by atoms with van der Waals surface area (Å²) in [5, 5.41) is 3.24. The molecule has 1 atom stereocenters. The van der Waals surface area contributed by atoms with E-state index in [0.717, 1.165) is 17.0 Å². The van der Waals surface area contributed by atoms with Gasteiger partial charge in [-0.05, 0) is 25.5 Å². The number of ether oxygens (including phenoxy) is 2. The predicted molar refractivity (Wildman–Crippen MR) is 91.2 cm³/mol. The molecule has 0 fully saturated rings. The number of carbonyl (C=O) groups is 1. The Morgan fingerprint density at radius 3 is 2.71 bits per heavy atom. The molecule has 0 aliphatic rings. The maximum atomic E-state index is 11.5. The molecule has 2 aromatic rings. The van der Waals surface area contributed by atoms with Crippen LogP contribution in [-0.2, 0) is 16.1 Å². The molecule has 1 heterocycles. The average Bonchev–Trinajstić information content (AvgIpc) is 3.04. The topological polar surface area (TPSA) is 73.6 Å². The zero-order valence-electron chi connectivity index (χ0n) is 14.8. The molecule has 1 aromatic carbocycles. The number of anilines is 1. The monoisotopic (exact) mass is 332 g/mol. The van der Waals surface area contributed by atoms with Crippen LogP contribution in [0, 0.1) is 6.92 Å². The Balaban J connectivity index is 2.03. The van der Waals surface area contributed by atoms with Gasteiger partial charge in [0, 0.05) is 17.7 Å². The molecule has 24 heavy (non-hydrogen) atoms. The summed E-state index contributed by atoms with van der Waals surface area (Å²) in [6, 6.07) is 5.72. The molecule has 0 unspecified atom stereocenters. The lowest BCUT2D eigenvalue weighted by molar-refractivity contribution is -0.147. The van der Waals surface area contributed by atoms with Crippen LogP contribution in [0.1, 0.15) is 43.9 Å². The fraction of sp³-hybridized carbons (Fsp3) is 0.444. The van der Waals surface area contributed by atoms with Gasteiger partial charge >= 0.3 is 5.97 Å². The number of nitrogens with one attached hydrogen (secondary N) is 1. The minimum Gasteiger partial charge on any atom is -0.479 e. The third-order valence-corrected chi connectivity index (χ3v) is 3.61. The third-order valence-electron chi connectivity index (χ3n) is 3.61. The van der Waals surface area contributed by atoms with Crippen LogP contribution in [0.25, 0.3) is 0 Å². The summed E-state index contributed by atoms with van der Waals surface area (Å²) in [7, 11) is 1.34. The highest BCUT2D eigenvalue weighted by Crippen LogP contribution is 2.24. The first-order valence-electron chi connectivity index (χ1n) is 7.94. The maximum Gasteiger partial charge on any atom is 0.346 e. The minimum atomic E-state index is -0.663. The Kier molecular flexibility index (Phi) is 5.84. The summed E-state index contributed by atoms with van der Waals surface area (Å²) in [6.45, 7) is 8.17. The van der Waals surface area contributed by atoms with E-state index in [2.05, 4.69) is 28.9 Å². The molecule has 0 amide bonds. The van der Waals surface area contributed by atoms with Gasteiger partial charge in [0.15, 0.2) is 6.10 Å². The Morgan fingerprint density at radius 1 is 1.33 bits per heavy atom. The highest BCUT2D eigenvalue weighted by atomic mass is 16.6. The first-order chi connectivity index (χ1) is 11.4. The standard InChI is InChI=1S/C18H24N2O4/c1-11(2)16-9-20-17(24-16)10-19-14-7-6-12(3)15(8-14)23-13(4)18(21)22-5/h6-9,11,13,19H,10H2,1-5H3/t13-/m1/s1. The van der Waals surface area contributed by atoms with E-state index in [4.69, 9.17) is 9.15 Å². The molecule has 0 spiro atoms. The number of aryl methyl sites for hydroxylation is 1. The molecular weight excluding hydrogens is 308 g/mol. The van der Waals surface area contributed by atoms with Crippen LogP contribution in [0.3, 0.4) is 0 Å². The Morgan fingerprint density at radius 2 is 2.08 bits per heavy atom. The summed E-state index contributed by atoms with van der Waals surface area (Å²) >= 11 is 0. The number of methoxy groups -OCH3 is 1. The van der Waals surface area contributed by atoms with Crippen molar-refractivity contribution in [2.75, 3.05) is 12.4 Å². The number of hydrogen-bond acceptors (Lipinski definition) is 6. The largest absolute Gasteiger partial charge is 0.479 e. The number of hydrogen-bond donors (Lipinski definition) is 1. The SMILES string of the molecule is COC(=O)[C@@H](C)Oc1cc(NCc2ncc(C(C)C)o2)ccc1C. The summed E-state index contributed by atoms with van der Waals surface area (Å²) in [5.41, 5.74) is 1.80. The Bertz CT molecular complexity index is 694. The normalized spacial score (nSPS) is 12.1. The van der Waals surface area contributed by atoms with E-state index in [9.17, 15) is 4.79 Å². The van der Waals surface area contributed by atoms with Crippen molar-refractivity contribution in [3.8, 4) is 5.75 Å². The van der Waals surface area contributed by atoms with Crippen molar-refractivity contribution < 1.29 is 18.7 Å². The van der Waals surface area contributed by atoms with Gasteiger partial charge in [0.1, 0.15) is 11.5 Å². The summed E-state index contributed by atoms with van der Waals surface area (Å²) in [6.07, 6.45) is 1.09. The molecule has 0 radical (unpaired) electrons. The van der Waals surface area contributed by atoms with Crippen LogP contribution in [0.2, 0.25) is 0 Å². The molecule has 1 N–H and O–H groups in total. The average molecular weight is 332 g/mol. The molecule has 6 heteroatoms. The number of rotatable bonds is 7. The van der Waals surface area contributed by atoms with Gasteiger partial charge < -0.3 is 19.2 Å². The van der Waals surface area contributed by atoms with Crippen LogP contribution in [-0.4, -0.2) is 24.2 Å². The molecule has 2 rings (SSSR count). The molecule has 6 nitrogen and oxygen atoms in total. The van der Waals surface area contributed by atoms with Crippen molar-refractivity contribution in [3.05, 3.63) is 41.6 Å². The van der Waals surface area contributed by atoms with Gasteiger partial charge in [-0.3, -0.25) is 0 Å². The molecule has 0 aliphatic heterocycles. The lowest BCUT2D eigenvalue weighted by Gasteiger charge is -2.15. The minimum absolute atomic E-state index is 0.311. The predicted octanol–water partition coefficient (Wildman–Crippen LogP) is 3.66. The maximum absolute atomic E-state index is 11.5. The zero-order chi connectivity index (χ0) is 17.7. The summed E-state index contributed by atoms with van der Waals surface area (Å²) < 4.78 is 16.0. The third kappa shape index (κ3) is 4.50. The van der Waals surface area contributed by atoms with Crippen LogP contribution in [0.4, 0.5) is 5.69 Å². The highest BCUT2D eigenvalue weighted by Gasteiger charge is 2.16. The first-order valence-corrected chi connectivity index (χ1v) is 7.94. The molecule has 0 saturated carbocycles. The van der Waals surface area contributed by atoms with E-state index in [1.165, 1.54) is 7.11 Å². The number of benzene rings is 1. The van der Waals surface area contributed by atoms with Crippen molar-refractivity contribution in [2.24, 2.45) is 0 Å². The second kappa shape index (κ2) is 7.86. The first kappa shape index (κ1) is 17.8. The number of oxazole rings is 1. The van der Waals surface area contributed by atoms with E-state index in [1.807, 2.05) is 25.1 Å². The van der Waals surface area contributed by atoms with Gasteiger partial charge in [0.05, 0.1) is 19.9 Å². The second-order valence-electron chi connectivity index (χ2n) is 5.93. The number of aromatic nitrogens is 1. The highest BCUT2D eigenvalue weighted by molar-refractivity contribution is 5.74. The van der Waals surface area contributed by atoms with Crippen molar-refractivity contribution in [1.82, 2.24) is 4.98 Å². The molecule has 1 aromatic heterocycles. The van der Waals surface area contributed by atoms with E-state index in [0.29, 0.717) is 24.1 Å². The Hall–Kier alpha value is -2.50. The number of esters is 1. The zero-order valence-corrected chi connectivity index (χ0v) is 14.8. The van der Waals surface area contributed by atoms with E-state index >= 15 is 0 Å². The van der Waals surface area contributed by atoms with Crippen LogP contribution in [0.5, 0.6) is 5.75 Å². The Labute approximate surface area is 142 Å². The fourth-order valence-electron chi connectivity index (χ4n) is 2.09. The van der Waals surface area contributed by atoms with E-state index in [-0.39, 0.29) is 0 Å². The lowest BCUT2D eigenvalue weighted by atomic mass is 10.2. The van der Waals surface area contributed by atoms with Crippen molar-refractivity contribution in [2.45, 2.75) is 46.3 Å². The van der Waals surface area contributed by atoms with E-state index in [1.54, 1.807) is 13.1 Å². The second-order valence-corrected chi connectivity index (χ2v) is 5.93. The quantitative estimate of drug-likeness (QED) is 0.780. The van der Waals surface area contributed by atoms with Gasteiger partial charge in [0.25, 0.3) is 0 Å². The lowest BCUT2D eigenvalue weighted by Crippen LogP contribution is -2.25. The van der Waals surface area contributed by atoms with Crippen LogP contribution in [0.15, 0.2) is 28.8 Å². The van der Waals surface area contributed by atoms with E-state index < -0.39 is 12.1 Å². The van der Waals surface area contributed by atoms with Crippen LogP contribution < -0.4 is 10.1 Å². The molecule has 0 aliphatic carbocycles. The van der Waals surface area contributed by atoms with Gasteiger partial charge in [-0.25, -0.2) is 9.78 Å². The number of carbonyl (C=O) groups excluding carboxylic acids is 1.